The Morgan fingerprint density at radius 2 is 1.93 bits per heavy atom. The van der Waals surface area contributed by atoms with Crippen LogP contribution in [0.3, 0.4) is 0 Å². The zero-order chi connectivity index (χ0) is 21.4. The van der Waals surface area contributed by atoms with E-state index in [-0.39, 0.29) is 12.1 Å². The minimum absolute atomic E-state index is 0.0426. The van der Waals surface area contributed by atoms with Gasteiger partial charge in [-0.3, -0.25) is 5.41 Å². The van der Waals surface area contributed by atoms with E-state index < -0.39 is 0 Å². The van der Waals surface area contributed by atoms with E-state index in [4.69, 9.17) is 16.4 Å². The number of aryl methyl sites for hydroxylation is 1. The lowest BCUT2D eigenvalue weighted by Crippen LogP contribution is -2.46. The number of anilines is 3. The fraction of sp³-hybridized carbons (Fsp3) is 0.273. The zero-order valence-electron chi connectivity index (χ0n) is 17.2. The van der Waals surface area contributed by atoms with E-state index in [0.29, 0.717) is 17.9 Å². The third-order valence-electron chi connectivity index (χ3n) is 5.32. The van der Waals surface area contributed by atoms with Crippen LogP contribution in [0.1, 0.15) is 19.4 Å². The van der Waals surface area contributed by atoms with Gasteiger partial charge in [-0.1, -0.05) is 13.0 Å². The monoisotopic (exact) mass is 400 g/mol. The Hall–Kier alpha value is -3.70. The van der Waals surface area contributed by atoms with Crippen LogP contribution in [0.25, 0.3) is 11.3 Å². The van der Waals surface area contributed by atoms with E-state index in [1.807, 2.05) is 55.1 Å². The number of hydrogen-bond acceptors (Lipinski definition) is 6. The van der Waals surface area contributed by atoms with Gasteiger partial charge in [-0.15, -0.1) is 0 Å². The maximum atomic E-state index is 9.15. The van der Waals surface area contributed by atoms with Crippen LogP contribution in [0.5, 0.6) is 0 Å². The number of nitrogens with one attached hydrogen (secondary N) is 1. The van der Waals surface area contributed by atoms with Crippen LogP contribution in [0.15, 0.2) is 48.7 Å². The van der Waals surface area contributed by atoms with E-state index in [0.717, 1.165) is 28.3 Å². The lowest BCUT2D eigenvalue weighted by molar-refractivity contribution is 0.655. The Labute approximate surface area is 175 Å². The number of rotatable bonds is 3. The number of nitrogens with two attached hydrogens (primary N) is 1. The average molecular weight is 400 g/mol. The predicted octanol–water partition coefficient (Wildman–Crippen LogP) is 3.23. The first kappa shape index (κ1) is 19.6. The third-order valence-corrected chi connectivity index (χ3v) is 5.32. The summed E-state index contributed by atoms with van der Waals surface area (Å²) in [5.74, 6) is 0.439. The Morgan fingerprint density at radius 3 is 2.53 bits per heavy atom. The lowest BCUT2D eigenvalue weighted by atomic mass is 10.1. The molecule has 1 aliphatic heterocycles. The highest BCUT2D eigenvalue weighted by atomic mass is 15.4. The molecule has 0 spiro atoms. The highest BCUT2D eigenvalue weighted by molar-refractivity contribution is 6.03. The maximum Gasteiger partial charge on any atom is 0.113 e. The molecule has 2 atom stereocenters. The van der Waals surface area contributed by atoms with Crippen LogP contribution in [0, 0.1) is 22.7 Å². The number of nitrogens with zero attached hydrogens (tertiary/aromatic N) is 6. The van der Waals surface area contributed by atoms with Gasteiger partial charge in [-0.25, -0.2) is 0 Å². The molecule has 0 aliphatic carbocycles. The van der Waals surface area contributed by atoms with Gasteiger partial charge in [0.25, 0.3) is 0 Å². The Bertz CT molecular complexity index is 1120. The summed E-state index contributed by atoms with van der Waals surface area (Å²) in [5, 5.41) is 26.5. The number of nitriles is 1. The molecule has 8 heteroatoms. The van der Waals surface area contributed by atoms with Gasteiger partial charge >= 0.3 is 0 Å². The zero-order valence-corrected chi connectivity index (χ0v) is 17.2. The normalized spacial score (nSPS) is 17.3. The number of aromatic nitrogens is 3. The molecule has 0 saturated heterocycles. The van der Waals surface area contributed by atoms with Crippen LogP contribution in [-0.2, 0) is 7.05 Å². The third kappa shape index (κ3) is 3.40. The van der Waals surface area contributed by atoms with Crippen molar-refractivity contribution in [3.05, 3.63) is 54.2 Å². The molecule has 3 N–H and O–H groups in total. The maximum absolute atomic E-state index is 9.15. The van der Waals surface area contributed by atoms with E-state index >= 15 is 0 Å². The molecular weight excluding hydrogens is 376 g/mol. The van der Waals surface area contributed by atoms with Crippen molar-refractivity contribution >= 4 is 22.9 Å². The van der Waals surface area contributed by atoms with Crippen LogP contribution < -0.4 is 15.5 Å². The molecule has 1 aliphatic rings. The predicted molar refractivity (Wildman–Crippen MR) is 118 cm³/mol. The number of benzene rings is 2. The van der Waals surface area contributed by atoms with E-state index in [1.165, 1.54) is 4.80 Å². The fourth-order valence-corrected chi connectivity index (χ4v) is 3.81. The SMILES string of the molecule is CC(N)N1C(=N)[C@@H](C)CN(c2ccc(C#N)cc2)c2cc(-c3cnn(C)n3)ccc21. The number of hydrogen-bond donors (Lipinski definition) is 2. The standard InChI is InChI=1S/C22H24N8/c1-14-13-29(18-7-4-16(11-23)5-8-18)21-10-17(19-12-26-28(3)27-19)6-9-20(21)30(15(2)24)22(14)25/h4-10,12,14-15,25H,13,24H2,1-3H3/t14-,15?/m0/s1. The number of fused-ring (bicyclic) bond motifs is 1. The lowest BCUT2D eigenvalue weighted by Gasteiger charge is -2.30. The molecule has 8 nitrogen and oxygen atoms in total. The van der Waals surface area contributed by atoms with Crippen LogP contribution in [0.2, 0.25) is 0 Å². The Balaban J connectivity index is 1.91. The van der Waals surface area contributed by atoms with Crippen molar-refractivity contribution < 1.29 is 0 Å². The first-order valence-corrected chi connectivity index (χ1v) is 9.80. The molecule has 152 valence electrons. The molecule has 0 saturated carbocycles. The second kappa shape index (κ2) is 7.61. The van der Waals surface area contributed by atoms with Crippen molar-refractivity contribution in [1.82, 2.24) is 15.0 Å². The van der Waals surface area contributed by atoms with Crippen molar-refractivity contribution in [3.63, 3.8) is 0 Å². The molecule has 0 bridgehead atoms. The van der Waals surface area contributed by atoms with Crippen LogP contribution in [-0.4, -0.2) is 33.5 Å². The molecule has 0 radical (unpaired) electrons. The topological polar surface area (TPSA) is 111 Å². The largest absolute Gasteiger partial charge is 0.339 e. The van der Waals surface area contributed by atoms with Gasteiger partial charge in [-0.2, -0.15) is 20.3 Å². The van der Waals surface area contributed by atoms with Crippen molar-refractivity contribution in [3.8, 4) is 17.3 Å². The second-order valence-corrected chi connectivity index (χ2v) is 7.59. The quantitative estimate of drug-likeness (QED) is 0.698. The molecular formula is C22H24N8. The summed E-state index contributed by atoms with van der Waals surface area (Å²) in [6, 6.07) is 15.7. The molecule has 4 rings (SSSR count). The molecule has 0 amide bonds. The van der Waals surface area contributed by atoms with Crippen molar-refractivity contribution in [2.24, 2.45) is 18.7 Å². The summed E-state index contributed by atoms with van der Waals surface area (Å²) in [4.78, 5) is 5.59. The fourth-order valence-electron chi connectivity index (χ4n) is 3.81. The van der Waals surface area contributed by atoms with Gasteiger partial charge in [0.2, 0.25) is 0 Å². The average Bonchev–Trinajstić information content (AvgIpc) is 3.14. The summed E-state index contributed by atoms with van der Waals surface area (Å²) < 4.78 is 0. The summed E-state index contributed by atoms with van der Waals surface area (Å²) in [5.41, 5.74) is 11.4. The van der Waals surface area contributed by atoms with E-state index in [9.17, 15) is 0 Å². The van der Waals surface area contributed by atoms with Crippen LogP contribution in [0.4, 0.5) is 17.1 Å². The van der Waals surface area contributed by atoms with Gasteiger partial charge in [0, 0.05) is 30.8 Å². The van der Waals surface area contributed by atoms with Crippen molar-refractivity contribution in [1.29, 1.82) is 10.7 Å². The summed E-state index contributed by atoms with van der Waals surface area (Å²) in [6.45, 7) is 4.54. The molecule has 2 aromatic carbocycles. The smallest absolute Gasteiger partial charge is 0.113 e. The first-order chi connectivity index (χ1) is 14.4. The van der Waals surface area contributed by atoms with Crippen molar-refractivity contribution in [2.45, 2.75) is 20.0 Å². The van der Waals surface area contributed by atoms with Gasteiger partial charge < -0.3 is 15.5 Å². The number of amidine groups is 1. The molecule has 30 heavy (non-hydrogen) atoms. The van der Waals surface area contributed by atoms with E-state index in [1.54, 1.807) is 13.2 Å². The molecule has 1 unspecified atom stereocenters. The highest BCUT2D eigenvalue weighted by Crippen LogP contribution is 2.41. The summed E-state index contributed by atoms with van der Waals surface area (Å²) in [6.07, 6.45) is 1.39. The van der Waals surface area contributed by atoms with E-state index in [2.05, 4.69) is 27.2 Å². The minimum Gasteiger partial charge on any atom is -0.339 e. The molecule has 0 fully saturated rings. The summed E-state index contributed by atoms with van der Waals surface area (Å²) in [7, 11) is 1.79. The molecule has 2 heterocycles. The van der Waals surface area contributed by atoms with Gasteiger partial charge in [0.15, 0.2) is 0 Å². The van der Waals surface area contributed by atoms with Gasteiger partial charge in [-0.05, 0) is 43.3 Å². The summed E-state index contributed by atoms with van der Waals surface area (Å²) >= 11 is 0. The van der Waals surface area contributed by atoms with Gasteiger partial charge in [0.1, 0.15) is 11.5 Å². The van der Waals surface area contributed by atoms with Gasteiger partial charge in [0.05, 0.1) is 35.4 Å². The molecule has 1 aromatic heterocycles. The Kier molecular flexibility index (Phi) is 4.98. The highest BCUT2D eigenvalue weighted by Gasteiger charge is 2.31. The molecule has 3 aromatic rings. The van der Waals surface area contributed by atoms with Crippen molar-refractivity contribution in [2.75, 3.05) is 16.3 Å². The minimum atomic E-state index is -0.345. The first-order valence-electron chi connectivity index (χ1n) is 9.80. The second-order valence-electron chi connectivity index (χ2n) is 7.59. The van der Waals surface area contributed by atoms with Crippen LogP contribution >= 0.6 is 0 Å². The Morgan fingerprint density at radius 1 is 1.20 bits per heavy atom.